The van der Waals surface area contributed by atoms with Gasteiger partial charge in [0.2, 0.25) is 5.89 Å². The summed E-state index contributed by atoms with van der Waals surface area (Å²) in [5.41, 5.74) is 0.902. The van der Waals surface area contributed by atoms with Crippen molar-refractivity contribution in [3.05, 3.63) is 41.2 Å². The summed E-state index contributed by atoms with van der Waals surface area (Å²) in [5.74, 6) is 1.29. The molecule has 0 aliphatic rings. The number of aromatic nitrogens is 1. The van der Waals surface area contributed by atoms with Gasteiger partial charge in [-0.3, -0.25) is 0 Å². The second-order valence-corrected chi connectivity index (χ2v) is 3.89. The van der Waals surface area contributed by atoms with Gasteiger partial charge in [0, 0.05) is 17.7 Å². The SMILES string of the molecule is COC(C)c1cnc(-c2ccc(Cl)cc2)o1. The Morgan fingerprint density at radius 3 is 2.62 bits per heavy atom. The maximum atomic E-state index is 5.81. The van der Waals surface area contributed by atoms with Crippen LogP contribution < -0.4 is 0 Å². The lowest BCUT2D eigenvalue weighted by Crippen LogP contribution is -1.92. The molecule has 0 saturated carbocycles. The molecular weight excluding hydrogens is 226 g/mol. The molecule has 0 aliphatic heterocycles. The lowest BCUT2D eigenvalue weighted by atomic mass is 10.2. The van der Waals surface area contributed by atoms with Crippen molar-refractivity contribution in [1.29, 1.82) is 0 Å². The maximum absolute atomic E-state index is 5.81. The minimum Gasteiger partial charge on any atom is -0.438 e. The Balaban J connectivity index is 2.28. The summed E-state index contributed by atoms with van der Waals surface area (Å²) in [4.78, 5) is 4.20. The second kappa shape index (κ2) is 4.68. The third kappa shape index (κ3) is 2.26. The third-order valence-corrected chi connectivity index (χ3v) is 2.62. The van der Waals surface area contributed by atoms with Gasteiger partial charge in [0.15, 0.2) is 5.76 Å². The number of hydrogen-bond donors (Lipinski definition) is 0. The maximum Gasteiger partial charge on any atom is 0.226 e. The predicted molar refractivity (Wildman–Crippen MR) is 62.4 cm³/mol. The van der Waals surface area contributed by atoms with Crippen LogP contribution in [-0.2, 0) is 4.74 Å². The Hall–Kier alpha value is -1.32. The van der Waals surface area contributed by atoms with Crippen LogP contribution in [0.4, 0.5) is 0 Å². The van der Waals surface area contributed by atoms with E-state index in [1.54, 1.807) is 25.4 Å². The van der Waals surface area contributed by atoms with Crippen molar-refractivity contribution in [1.82, 2.24) is 4.98 Å². The van der Waals surface area contributed by atoms with Crippen molar-refractivity contribution in [2.45, 2.75) is 13.0 Å². The minimum absolute atomic E-state index is 0.0893. The molecule has 1 unspecified atom stereocenters. The standard InChI is InChI=1S/C12H12ClNO2/c1-8(15-2)11-7-14-12(16-11)9-3-5-10(13)6-4-9/h3-8H,1-2H3. The van der Waals surface area contributed by atoms with Crippen molar-refractivity contribution in [3.63, 3.8) is 0 Å². The largest absolute Gasteiger partial charge is 0.438 e. The second-order valence-electron chi connectivity index (χ2n) is 3.45. The van der Waals surface area contributed by atoms with E-state index in [4.69, 9.17) is 20.8 Å². The molecule has 1 aromatic carbocycles. The minimum atomic E-state index is -0.0893. The molecule has 0 bridgehead atoms. The normalized spacial score (nSPS) is 12.7. The van der Waals surface area contributed by atoms with Crippen molar-refractivity contribution in [3.8, 4) is 11.5 Å². The van der Waals surface area contributed by atoms with Gasteiger partial charge in [-0.05, 0) is 31.2 Å². The molecule has 0 fully saturated rings. The number of methoxy groups -OCH3 is 1. The zero-order valence-electron chi connectivity index (χ0n) is 9.11. The predicted octanol–water partition coefficient (Wildman–Crippen LogP) is 3.70. The average molecular weight is 238 g/mol. The molecule has 0 N–H and O–H groups in total. The number of rotatable bonds is 3. The number of ether oxygens (including phenoxy) is 1. The zero-order valence-corrected chi connectivity index (χ0v) is 9.86. The number of hydrogen-bond acceptors (Lipinski definition) is 3. The lowest BCUT2D eigenvalue weighted by Gasteiger charge is -2.03. The number of benzene rings is 1. The summed E-state index contributed by atoms with van der Waals surface area (Å²) >= 11 is 5.81. The van der Waals surface area contributed by atoms with Crippen LogP contribution in [0, 0.1) is 0 Å². The Labute approximate surface area is 99.0 Å². The first-order valence-electron chi connectivity index (χ1n) is 4.95. The van der Waals surface area contributed by atoms with E-state index in [0.29, 0.717) is 16.7 Å². The first-order valence-corrected chi connectivity index (χ1v) is 5.33. The molecule has 1 atom stereocenters. The molecule has 4 heteroatoms. The lowest BCUT2D eigenvalue weighted by molar-refractivity contribution is 0.100. The fourth-order valence-electron chi connectivity index (χ4n) is 1.32. The molecule has 84 valence electrons. The van der Waals surface area contributed by atoms with E-state index in [-0.39, 0.29) is 6.10 Å². The fraction of sp³-hybridized carbons (Fsp3) is 0.250. The van der Waals surface area contributed by atoms with Crippen molar-refractivity contribution in [2.24, 2.45) is 0 Å². The van der Waals surface area contributed by atoms with E-state index in [1.807, 2.05) is 19.1 Å². The molecule has 0 radical (unpaired) electrons. The van der Waals surface area contributed by atoms with Crippen LogP contribution in [0.5, 0.6) is 0 Å². The van der Waals surface area contributed by atoms with Gasteiger partial charge < -0.3 is 9.15 Å². The smallest absolute Gasteiger partial charge is 0.226 e. The molecule has 0 spiro atoms. The van der Waals surface area contributed by atoms with Crippen LogP contribution >= 0.6 is 11.6 Å². The molecule has 2 rings (SSSR count). The van der Waals surface area contributed by atoms with Crippen molar-refractivity contribution < 1.29 is 9.15 Å². The van der Waals surface area contributed by atoms with E-state index in [0.717, 1.165) is 5.56 Å². The van der Waals surface area contributed by atoms with Gasteiger partial charge in [0.25, 0.3) is 0 Å². The molecular formula is C12H12ClNO2. The van der Waals surface area contributed by atoms with E-state index in [2.05, 4.69) is 4.98 Å². The molecule has 2 aromatic rings. The summed E-state index contributed by atoms with van der Waals surface area (Å²) in [6.07, 6.45) is 1.59. The summed E-state index contributed by atoms with van der Waals surface area (Å²) in [6, 6.07) is 7.35. The van der Waals surface area contributed by atoms with Crippen molar-refractivity contribution in [2.75, 3.05) is 7.11 Å². The zero-order chi connectivity index (χ0) is 11.5. The topological polar surface area (TPSA) is 35.3 Å². The van der Waals surface area contributed by atoms with Crippen LogP contribution in [0.25, 0.3) is 11.5 Å². The molecule has 1 heterocycles. The Morgan fingerprint density at radius 1 is 1.31 bits per heavy atom. The molecule has 16 heavy (non-hydrogen) atoms. The third-order valence-electron chi connectivity index (χ3n) is 2.37. The average Bonchev–Trinajstić information content (AvgIpc) is 2.78. The van der Waals surface area contributed by atoms with E-state index in [9.17, 15) is 0 Å². The fourth-order valence-corrected chi connectivity index (χ4v) is 1.44. The van der Waals surface area contributed by atoms with Crippen LogP contribution in [0.15, 0.2) is 34.9 Å². The molecule has 0 saturated heterocycles. The van der Waals surface area contributed by atoms with E-state index >= 15 is 0 Å². The van der Waals surface area contributed by atoms with Crippen LogP contribution in [0.2, 0.25) is 5.02 Å². The van der Waals surface area contributed by atoms with Gasteiger partial charge in [0.05, 0.1) is 6.20 Å². The van der Waals surface area contributed by atoms with Crippen LogP contribution in [-0.4, -0.2) is 12.1 Å². The van der Waals surface area contributed by atoms with E-state index in [1.165, 1.54) is 0 Å². The van der Waals surface area contributed by atoms with Crippen LogP contribution in [0.1, 0.15) is 18.8 Å². The summed E-state index contributed by atoms with van der Waals surface area (Å²) in [7, 11) is 1.63. The van der Waals surface area contributed by atoms with Gasteiger partial charge in [-0.1, -0.05) is 11.6 Å². The van der Waals surface area contributed by atoms with Gasteiger partial charge in [-0.2, -0.15) is 0 Å². The van der Waals surface area contributed by atoms with Gasteiger partial charge in [0.1, 0.15) is 6.10 Å². The highest BCUT2D eigenvalue weighted by Gasteiger charge is 2.11. The Bertz CT molecular complexity index is 464. The quantitative estimate of drug-likeness (QED) is 0.817. The monoisotopic (exact) mass is 237 g/mol. The van der Waals surface area contributed by atoms with Crippen LogP contribution in [0.3, 0.4) is 0 Å². The van der Waals surface area contributed by atoms with Gasteiger partial charge in [-0.25, -0.2) is 4.98 Å². The van der Waals surface area contributed by atoms with E-state index < -0.39 is 0 Å². The molecule has 1 aromatic heterocycles. The highest BCUT2D eigenvalue weighted by Crippen LogP contribution is 2.24. The van der Waals surface area contributed by atoms with Gasteiger partial charge in [-0.15, -0.1) is 0 Å². The Kier molecular flexibility index (Phi) is 3.27. The summed E-state index contributed by atoms with van der Waals surface area (Å²) in [5, 5.41) is 0.695. The number of oxazole rings is 1. The summed E-state index contributed by atoms with van der Waals surface area (Å²) in [6.45, 7) is 1.91. The molecule has 3 nitrogen and oxygen atoms in total. The summed E-state index contributed by atoms with van der Waals surface area (Å²) < 4.78 is 10.7. The number of nitrogens with zero attached hydrogens (tertiary/aromatic N) is 1. The first-order chi connectivity index (χ1) is 7.70. The number of halogens is 1. The molecule has 0 aliphatic carbocycles. The highest BCUT2D eigenvalue weighted by molar-refractivity contribution is 6.30. The van der Waals surface area contributed by atoms with Crippen molar-refractivity contribution >= 4 is 11.6 Å². The molecule has 0 amide bonds. The first kappa shape index (κ1) is 11.2. The Morgan fingerprint density at radius 2 is 2.00 bits per heavy atom. The van der Waals surface area contributed by atoms with Gasteiger partial charge >= 0.3 is 0 Å². The highest BCUT2D eigenvalue weighted by atomic mass is 35.5.